The number of alkyl halides is 3. The molecule has 2 aliphatic rings. The number of ether oxygens (including phenoxy) is 3. The van der Waals surface area contributed by atoms with E-state index in [1.165, 1.54) is 6.07 Å². The number of rotatable bonds is 8. The van der Waals surface area contributed by atoms with Crippen LogP contribution >= 0.6 is 0 Å². The largest absolute Gasteiger partial charge is 0.490 e. The first-order chi connectivity index (χ1) is 17.1. The van der Waals surface area contributed by atoms with Gasteiger partial charge in [0.1, 0.15) is 30.5 Å². The topological polar surface area (TPSA) is 68.2 Å². The normalized spacial score (nSPS) is 16.1. The molecule has 2 aliphatic heterocycles. The van der Waals surface area contributed by atoms with Gasteiger partial charge in [0.05, 0.1) is 11.7 Å². The molecule has 0 fully saturated rings. The summed E-state index contributed by atoms with van der Waals surface area (Å²) in [4.78, 5) is 13.3. The first-order valence-corrected chi connectivity index (χ1v) is 11.7. The first-order valence-electron chi connectivity index (χ1n) is 11.7. The summed E-state index contributed by atoms with van der Waals surface area (Å²) in [5, 5.41) is 9.23. The monoisotopic (exact) mass is 503 g/mol. The molecule has 0 radical (unpaired) electrons. The lowest BCUT2D eigenvalue weighted by atomic mass is 10.0. The van der Waals surface area contributed by atoms with Crippen LogP contribution in [0.25, 0.3) is 6.08 Å². The molecular formula is C27H28F3NO5. The zero-order valence-electron chi connectivity index (χ0n) is 20.1. The molecule has 0 aliphatic carbocycles. The molecule has 0 aromatic heterocycles. The van der Waals surface area contributed by atoms with E-state index in [1.807, 2.05) is 12.1 Å². The number of fused-ring (bicyclic) bond motifs is 1. The van der Waals surface area contributed by atoms with Gasteiger partial charge in [0.15, 0.2) is 0 Å². The molecular weight excluding hydrogens is 475 g/mol. The Morgan fingerprint density at radius 3 is 2.72 bits per heavy atom. The summed E-state index contributed by atoms with van der Waals surface area (Å²) in [6.45, 7) is 5.47. The van der Waals surface area contributed by atoms with Crippen molar-refractivity contribution < 1.29 is 37.3 Å². The highest BCUT2D eigenvalue weighted by atomic mass is 19.4. The molecule has 0 unspecified atom stereocenters. The zero-order chi connectivity index (χ0) is 25.9. The van der Waals surface area contributed by atoms with Gasteiger partial charge in [-0.3, -0.25) is 4.90 Å². The second-order valence-electron chi connectivity index (χ2n) is 9.11. The van der Waals surface area contributed by atoms with Crippen molar-refractivity contribution in [1.82, 2.24) is 4.90 Å². The zero-order valence-corrected chi connectivity index (χ0v) is 20.1. The van der Waals surface area contributed by atoms with Gasteiger partial charge in [0.25, 0.3) is 0 Å². The van der Waals surface area contributed by atoms with Crippen LogP contribution in [0.5, 0.6) is 17.2 Å². The summed E-state index contributed by atoms with van der Waals surface area (Å²) < 4.78 is 57.4. The number of carboxylic acids is 1. The lowest BCUT2D eigenvalue weighted by Gasteiger charge is -2.28. The quantitative estimate of drug-likeness (QED) is 0.509. The van der Waals surface area contributed by atoms with Crippen molar-refractivity contribution in [3.63, 3.8) is 0 Å². The number of hydrogen-bond acceptors (Lipinski definition) is 5. The molecule has 4 rings (SSSR count). The molecule has 2 aromatic carbocycles. The molecule has 0 saturated carbocycles. The van der Waals surface area contributed by atoms with Crippen LogP contribution in [0.4, 0.5) is 13.2 Å². The number of carbonyl (C=O) groups is 1. The third-order valence-electron chi connectivity index (χ3n) is 5.81. The van der Waals surface area contributed by atoms with Crippen molar-refractivity contribution in [3.8, 4) is 17.2 Å². The average molecular weight is 504 g/mol. The molecule has 0 atom stereocenters. The highest BCUT2D eigenvalue weighted by molar-refractivity contribution is 5.87. The van der Waals surface area contributed by atoms with E-state index < -0.39 is 17.7 Å². The number of benzene rings is 2. The fourth-order valence-corrected chi connectivity index (χ4v) is 4.17. The van der Waals surface area contributed by atoms with Crippen molar-refractivity contribution in [1.29, 1.82) is 0 Å². The molecule has 0 amide bonds. The fourth-order valence-electron chi connectivity index (χ4n) is 4.17. The van der Waals surface area contributed by atoms with E-state index in [9.17, 15) is 23.1 Å². The summed E-state index contributed by atoms with van der Waals surface area (Å²) >= 11 is 0. The van der Waals surface area contributed by atoms with Crippen molar-refractivity contribution in [2.45, 2.75) is 39.2 Å². The molecule has 2 aromatic rings. The predicted molar refractivity (Wildman–Crippen MR) is 128 cm³/mol. The molecule has 9 heteroatoms. The highest BCUT2D eigenvalue weighted by Gasteiger charge is 2.35. The standard InChI is InChI=1S/C27H28F3NO5/c1-17(2)36-24-8-5-18(11-23(24)27(28,29)30)15-34-22-7-6-20-10-19(16-35-25(20)12-22)13-31-9-3-4-21(14-31)26(32)33/h4-8,10-12,17H,3,9,13-16H2,1-2H3,(H,32,33). The van der Waals surface area contributed by atoms with Crippen LogP contribution in [-0.4, -0.2) is 48.3 Å². The summed E-state index contributed by atoms with van der Waals surface area (Å²) in [5.41, 5.74) is 1.85. The van der Waals surface area contributed by atoms with Gasteiger partial charge in [0.2, 0.25) is 0 Å². The van der Waals surface area contributed by atoms with Crippen LogP contribution < -0.4 is 14.2 Å². The van der Waals surface area contributed by atoms with Crippen molar-refractivity contribution >= 4 is 12.0 Å². The van der Waals surface area contributed by atoms with Crippen LogP contribution in [0.2, 0.25) is 0 Å². The highest BCUT2D eigenvalue weighted by Crippen LogP contribution is 2.38. The predicted octanol–water partition coefficient (Wildman–Crippen LogP) is 5.56. The Hall–Kier alpha value is -3.46. The summed E-state index contributed by atoms with van der Waals surface area (Å²) in [6.07, 6.45) is -0.435. The summed E-state index contributed by atoms with van der Waals surface area (Å²) in [7, 11) is 0. The Labute approximate surface area is 207 Å². The average Bonchev–Trinajstić information content (AvgIpc) is 2.82. The molecule has 0 saturated heterocycles. The van der Waals surface area contributed by atoms with E-state index in [1.54, 1.807) is 38.1 Å². The van der Waals surface area contributed by atoms with E-state index in [0.29, 0.717) is 48.8 Å². The molecule has 0 bridgehead atoms. The van der Waals surface area contributed by atoms with Gasteiger partial charge in [-0.1, -0.05) is 12.1 Å². The van der Waals surface area contributed by atoms with Gasteiger partial charge >= 0.3 is 12.1 Å². The maximum absolute atomic E-state index is 13.5. The van der Waals surface area contributed by atoms with Gasteiger partial charge in [-0.25, -0.2) is 4.79 Å². The Kier molecular flexibility index (Phi) is 7.59. The number of carboxylic acid groups (broad SMARTS) is 1. The minimum atomic E-state index is -4.54. The van der Waals surface area contributed by atoms with E-state index in [2.05, 4.69) is 4.90 Å². The molecule has 6 nitrogen and oxygen atoms in total. The Balaban J connectivity index is 1.40. The molecule has 36 heavy (non-hydrogen) atoms. The number of aliphatic carboxylic acids is 1. The van der Waals surface area contributed by atoms with Crippen LogP contribution in [0, 0.1) is 0 Å². The van der Waals surface area contributed by atoms with E-state index in [4.69, 9.17) is 14.2 Å². The molecule has 0 spiro atoms. The second-order valence-corrected chi connectivity index (χ2v) is 9.11. The maximum atomic E-state index is 13.5. The third-order valence-corrected chi connectivity index (χ3v) is 5.81. The summed E-state index contributed by atoms with van der Waals surface area (Å²) in [5.74, 6) is 0.0123. The molecule has 2 heterocycles. The smallest absolute Gasteiger partial charge is 0.419 e. The van der Waals surface area contributed by atoms with Crippen molar-refractivity contribution in [2.75, 3.05) is 26.2 Å². The Morgan fingerprint density at radius 1 is 1.19 bits per heavy atom. The lowest BCUT2D eigenvalue weighted by Crippen LogP contribution is -2.34. The number of hydrogen-bond donors (Lipinski definition) is 1. The Bertz CT molecular complexity index is 1190. The third kappa shape index (κ3) is 6.40. The first kappa shape index (κ1) is 25.6. The van der Waals surface area contributed by atoms with Gasteiger partial charge in [-0.2, -0.15) is 13.2 Å². The molecule has 1 N–H and O–H groups in total. The van der Waals surface area contributed by atoms with E-state index >= 15 is 0 Å². The van der Waals surface area contributed by atoms with Gasteiger partial charge in [-0.05, 0) is 61.7 Å². The Morgan fingerprint density at radius 2 is 2.00 bits per heavy atom. The van der Waals surface area contributed by atoms with Gasteiger partial charge in [-0.15, -0.1) is 0 Å². The molecule has 192 valence electrons. The van der Waals surface area contributed by atoms with Crippen LogP contribution in [0.15, 0.2) is 53.6 Å². The second kappa shape index (κ2) is 10.7. The maximum Gasteiger partial charge on any atom is 0.419 e. The minimum Gasteiger partial charge on any atom is -0.490 e. The minimum absolute atomic E-state index is 0.0424. The van der Waals surface area contributed by atoms with Crippen molar-refractivity contribution in [3.05, 3.63) is 70.3 Å². The summed E-state index contributed by atoms with van der Waals surface area (Å²) in [6, 6.07) is 9.23. The SMILES string of the molecule is CC(C)Oc1ccc(COc2ccc3c(c2)OCC(CN2CCC=C(C(=O)O)C2)=C3)cc1C(F)(F)F. The van der Waals surface area contributed by atoms with Crippen molar-refractivity contribution in [2.24, 2.45) is 0 Å². The lowest BCUT2D eigenvalue weighted by molar-refractivity contribution is -0.139. The fraction of sp³-hybridized carbons (Fsp3) is 0.370. The van der Waals surface area contributed by atoms with Crippen LogP contribution in [-0.2, 0) is 17.6 Å². The van der Waals surface area contributed by atoms with Gasteiger partial charge in [0, 0.05) is 36.8 Å². The van der Waals surface area contributed by atoms with Crippen LogP contribution in [0.1, 0.15) is 37.0 Å². The van der Waals surface area contributed by atoms with E-state index in [-0.39, 0.29) is 18.5 Å². The number of nitrogens with zero attached hydrogens (tertiary/aromatic N) is 1. The van der Waals surface area contributed by atoms with Crippen LogP contribution in [0.3, 0.4) is 0 Å². The van der Waals surface area contributed by atoms with Gasteiger partial charge < -0.3 is 19.3 Å². The number of halogens is 3. The van der Waals surface area contributed by atoms with E-state index in [0.717, 1.165) is 23.7 Å².